The summed E-state index contributed by atoms with van der Waals surface area (Å²) in [6.07, 6.45) is 6.34. The Balaban J connectivity index is 2.27. The molecule has 1 aliphatic rings. The van der Waals surface area contributed by atoms with Gasteiger partial charge < -0.3 is 4.74 Å². The van der Waals surface area contributed by atoms with Gasteiger partial charge in [-0.2, -0.15) is 0 Å². The third-order valence-electron chi connectivity index (χ3n) is 1.57. The van der Waals surface area contributed by atoms with E-state index in [2.05, 4.69) is 13.0 Å². The van der Waals surface area contributed by atoms with Crippen molar-refractivity contribution in [2.24, 2.45) is 5.92 Å². The van der Waals surface area contributed by atoms with Crippen LogP contribution in [-0.2, 0) is 4.74 Å². The molecule has 1 heterocycles. The predicted octanol–water partition coefficient (Wildman–Crippen LogP) is 1.95. The molecule has 0 aliphatic carbocycles. The lowest BCUT2D eigenvalue weighted by molar-refractivity contribution is 0.174. The molecule has 0 aromatic heterocycles. The van der Waals surface area contributed by atoms with Gasteiger partial charge >= 0.3 is 0 Å². The van der Waals surface area contributed by atoms with Crippen molar-refractivity contribution in [2.75, 3.05) is 6.61 Å². The molecule has 0 aromatic carbocycles. The van der Waals surface area contributed by atoms with Gasteiger partial charge in [-0.05, 0) is 24.8 Å². The molecule has 0 saturated carbocycles. The summed E-state index contributed by atoms with van der Waals surface area (Å²) in [6.45, 7) is 3.13. The second-order valence-corrected chi connectivity index (χ2v) is 2.22. The molecule has 0 spiro atoms. The summed E-state index contributed by atoms with van der Waals surface area (Å²) in [6, 6.07) is 0. The van der Waals surface area contributed by atoms with E-state index in [1.54, 1.807) is 6.26 Å². The number of hydrogen-bond acceptors (Lipinski definition) is 1. The number of allylic oxidation sites excluding steroid dienone is 1. The maximum atomic E-state index is 5.09. The third-order valence-corrected chi connectivity index (χ3v) is 1.57. The van der Waals surface area contributed by atoms with E-state index in [1.807, 2.05) is 0 Å². The Bertz CT molecular complexity index is 86.4. The zero-order chi connectivity index (χ0) is 5.82. The van der Waals surface area contributed by atoms with Crippen LogP contribution >= 0.6 is 0 Å². The first kappa shape index (κ1) is 5.67. The van der Waals surface area contributed by atoms with Gasteiger partial charge in [-0.3, -0.25) is 0 Å². The first-order valence-electron chi connectivity index (χ1n) is 3.20. The molecule has 46 valence electrons. The van der Waals surface area contributed by atoms with Crippen molar-refractivity contribution < 1.29 is 4.74 Å². The predicted molar refractivity (Wildman–Crippen MR) is 33.5 cm³/mol. The number of hydrogen-bond donors (Lipinski definition) is 0. The lowest BCUT2D eigenvalue weighted by atomic mass is 10.0. The summed E-state index contributed by atoms with van der Waals surface area (Å²) in [5.74, 6) is 0.778. The molecule has 8 heavy (non-hydrogen) atoms. The molecular formula is C7H12O. The van der Waals surface area contributed by atoms with Crippen molar-refractivity contribution in [1.82, 2.24) is 0 Å². The molecule has 1 heteroatoms. The largest absolute Gasteiger partial charge is 0.501 e. The average Bonchev–Trinajstić information content (AvgIpc) is 1.90. The van der Waals surface area contributed by atoms with E-state index in [9.17, 15) is 0 Å². The van der Waals surface area contributed by atoms with E-state index in [4.69, 9.17) is 4.74 Å². The maximum absolute atomic E-state index is 5.09. The van der Waals surface area contributed by atoms with E-state index in [1.165, 1.54) is 12.8 Å². The highest BCUT2D eigenvalue weighted by molar-refractivity contribution is 4.81. The number of rotatable bonds is 1. The van der Waals surface area contributed by atoms with Crippen LogP contribution in [0.15, 0.2) is 12.3 Å². The van der Waals surface area contributed by atoms with Crippen LogP contribution in [0.1, 0.15) is 19.8 Å². The Hall–Kier alpha value is -0.460. The van der Waals surface area contributed by atoms with E-state index < -0.39 is 0 Å². The summed E-state index contributed by atoms with van der Waals surface area (Å²) < 4.78 is 5.09. The fraction of sp³-hybridized carbons (Fsp3) is 0.714. The quantitative estimate of drug-likeness (QED) is 0.503. The molecule has 1 atom stereocenters. The summed E-state index contributed by atoms with van der Waals surface area (Å²) in [7, 11) is 0. The van der Waals surface area contributed by atoms with E-state index in [-0.39, 0.29) is 0 Å². The highest BCUT2D eigenvalue weighted by atomic mass is 16.5. The minimum Gasteiger partial charge on any atom is -0.501 e. The highest BCUT2D eigenvalue weighted by Crippen LogP contribution is 2.13. The molecule has 0 aromatic rings. The monoisotopic (exact) mass is 112 g/mol. The van der Waals surface area contributed by atoms with Crippen LogP contribution in [0.3, 0.4) is 0 Å². The SMILES string of the molecule is CCC1CC=COC1. The Kier molecular flexibility index (Phi) is 1.95. The summed E-state index contributed by atoms with van der Waals surface area (Å²) in [4.78, 5) is 0. The molecule has 0 fully saturated rings. The zero-order valence-electron chi connectivity index (χ0n) is 5.26. The van der Waals surface area contributed by atoms with E-state index in [0.717, 1.165) is 12.5 Å². The van der Waals surface area contributed by atoms with Gasteiger partial charge in [0.1, 0.15) is 0 Å². The van der Waals surface area contributed by atoms with Crippen molar-refractivity contribution in [3.05, 3.63) is 12.3 Å². The van der Waals surface area contributed by atoms with E-state index >= 15 is 0 Å². The van der Waals surface area contributed by atoms with E-state index in [0.29, 0.717) is 0 Å². The van der Waals surface area contributed by atoms with Crippen LogP contribution in [-0.4, -0.2) is 6.61 Å². The van der Waals surface area contributed by atoms with Crippen LogP contribution in [0.2, 0.25) is 0 Å². The molecule has 0 amide bonds. The Morgan fingerprint density at radius 2 is 2.62 bits per heavy atom. The van der Waals surface area contributed by atoms with Gasteiger partial charge in [0.05, 0.1) is 12.9 Å². The van der Waals surface area contributed by atoms with Gasteiger partial charge in [0.15, 0.2) is 0 Å². The third kappa shape index (κ3) is 1.25. The Morgan fingerprint density at radius 3 is 3.00 bits per heavy atom. The summed E-state index contributed by atoms with van der Waals surface area (Å²) in [5.41, 5.74) is 0. The standard InChI is InChI=1S/C7H12O/c1-2-7-4-3-5-8-6-7/h3,5,7H,2,4,6H2,1H3. The molecule has 1 aliphatic heterocycles. The second-order valence-electron chi connectivity index (χ2n) is 2.22. The van der Waals surface area contributed by atoms with Gasteiger partial charge in [-0.25, -0.2) is 0 Å². The second kappa shape index (κ2) is 2.75. The van der Waals surface area contributed by atoms with Crippen molar-refractivity contribution >= 4 is 0 Å². The van der Waals surface area contributed by atoms with Crippen LogP contribution in [0.4, 0.5) is 0 Å². The molecule has 1 nitrogen and oxygen atoms in total. The van der Waals surface area contributed by atoms with Crippen molar-refractivity contribution in [2.45, 2.75) is 19.8 Å². The summed E-state index contributed by atoms with van der Waals surface area (Å²) >= 11 is 0. The van der Waals surface area contributed by atoms with Gasteiger partial charge in [0, 0.05) is 0 Å². The van der Waals surface area contributed by atoms with Crippen LogP contribution < -0.4 is 0 Å². The Morgan fingerprint density at radius 1 is 1.75 bits per heavy atom. The summed E-state index contributed by atoms with van der Waals surface area (Å²) in [5, 5.41) is 0. The fourth-order valence-corrected chi connectivity index (χ4v) is 0.860. The maximum Gasteiger partial charge on any atom is 0.0904 e. The normalized spacial score (nSPS) is 27.4. The topological polar surface area (TPSA) is 9.23 Å². The molecule has 0 radical (unpaired) electrons. The molecule has 1 unspecified atom stereocenters. The fourth-order valence-electron chi connectivity index (χ4n) is 0.860. The number of ether oxygens (including phenoxy) is 1. The minimum absolute atomic E-state index is 0.778. The van der Waals surface area contributed by atoms with Crippen LogP contribution in [0.25, 0.3) is 0 Å². The lowest BCUT2D eigenvalue weighted by Crippen LogP contribution is -2.08. The van der Waals surface area contributed by atoms with Gasteiger partial charge in [0.2, 0.25) is 0 Å². The van der Waals surface area contributed by atoms with Crippen molar-refractivity contribution in [1.29, 1.82) is 0 Å². The zero-order valence-corrected chi connectivity index (χ0v) is 5.26. The average molecular weight is 112 g/mol. The van der Waals surface area contributed by atoms with Gasteiger partial charge in [-0.1, -0.05) is 6.92 Å². The first-order valence-corrected chi connectivity index (χ1v) is 3.20. The smallest absolute Gasteiger partial charge is 0.0904 e. The molecule has 0 bridgehead atoms. The molecule has 0 N–H and O–H groups in total. The van der Waals surface area contributed by atoms with Gasteiger partial charge in [-0.15, -0.1) is 0 Å². The van der Waals surface area contributed by atoms with Crippen LogP contribution in [0.5, 0.6) is 0 Å². The highest BCUT2D eigenvalue weighted by Gasteiger charge is 2.06. The Labute approximate surface area is 50.3 Å². The van der Waals surface area contributed by atoms with Crippen molar-refractivity contribution in [3.63, 3.8) is 0 Å². The lowest BCUT2D eigenvalue weighted by Gasteiger charge is -2.15. The molecule has 1 rings (SSSR count). The van der Waals surface area contributed by atoms with Gasteiger partial charge in [0.25, 0.3) is 0 Å². The molecule has 0 saturated heterocycles. The van der Waals surface area contributed by atoms with Crippen molar-refractivity contribution in [3.8, 4) is 0 Å². The molecular weight excluding hydrogens is 100 g/mol. The van der Waals surface area contributed by atoms with Crippen LogP contribution in [0, 0.1) is 5.92 Å². The first-order chi connectivity index (χ1) is 3.93. The minimum atomic E-state index is 0.778.